The molecule has 0 fully saturated rings. The average molecular weight is 196 g/mol. The van der Waals surface area contributed by atoms with Crippen molar-refractivity contribution in [2.75, 3.05) is 0 Å². The topological polar surface area (TPSA) is 17.1 Å². The third-order valence-electron chi connectivity index (χ3n) is 2.63. The molecule has 0 unspecified atom stereocenters. The number of hydrogen-bond donors (Lipinski definition) is 0. The first-order valence-electron chi connectivity index (χ1n) is 4.61. The van der Waals surface area contributed by atoms with Gasteiger partial charge in [0.1, 0.15) is 0 Å². The zero-order valence-corrected chi connectivity index (χ0v) is 7.53. The van der Waals surface area contributed by atoms with Crippen molar-refractivity contribution in [2.45, 2.75) is 0 Å². The fourth-order valence-corrected chi connectivity index (χ4v) is 1.98. The fourth-order valence-electron chi connectivity index (χ4n) is 1.98. The minimum atomic E-state index is 0. The van der Waals surface area contributed by atoms with Crippen LogP contribution in [0, 0.1) is 0 Å². The zero-order valence-electron chi connectivity index (χ0n) is 7.53. The molecule has 2 aromatic carbocycles. The first-order valence-corrected chi connectivity index (χ1v) is 4.61. The van der Waals surface area contributed by atoms with Crippen molar-refractivity contribution in [3.63, 3.8) is 0 Å². The standard InChI is InChI=1S/C13H8O.2Li.2H/c14-13-11-7-3-1-5-9(11)10-6-2-4-8-12(10)13;;;;/h1-8H;;;;. The Bertz CT molecular complexity index is 487. The van der Waals surface area contributed by atoms with E-state index < -0.39 is 0 Å². The molecule has 0 saturated carbocycles. The van der Waals surface area contributed by atoms with Crippen LogP contribution in [-0.4, -0.2) is 43.5 Å². The van der Waals surface area contributed by atoms with E-state index in [4.69, 9.17) is 0 Å². The van der Waals surface area contributed by atoms with E-state index in [1.165, 1.54) is 0 Å². The van der Waals surface area contributed by atoms with E-state index in [9.17, 15) is 4.79 Å². The molecule has 2 aromatic rings. The number of carbonyl (C=O) groups excluding carboxylic acids is 1. The first-order chi connectivity index (χ1) is 6.88. The summed E-state index contributed by atoms with van der Waals surface area (Å²) in [5.74, 6) is 0.149. The molecule has 0 spiro atoms. The Hall–Kier alpha value is -0.695. The van der Waals surface area contributed by atoms with E-state index in [2.05, 4.69) is 0 Å². The molecule has 3 heteroatoms. The van der Waals surface area contributed by atoms with Gasteiger partial charge in [0.25, 0.3) is 0 Å². The molecule has 0 amide bonds. The summed E-state index contributed by atoms with van der Waals surface area (Å²) in [6, 6.07) is 15.5. The van der Waals surface area contributed by atoms with Gasteiger partial charge in [-0.1, -0.05) is 48.5 Å². The van der Waals surface area contributed by atoms with Gasteiger partial charge in [0, 0.05) is 11.1 Å². The van der Waals surface area contributed by atoms with Crippen molar-refractivity contribution in [2.24, 2.45) is 0 Å². The summed E-state index contributed by atoms with van der Waals surface area (Å²) in [4.78, 5) is 11.9. The van der Waals surface area contributed by atoms with Gasteiger partial charge in [-0.25, -0.2) is 0 Å². The predicted molar refractivity (Wildman–Crippen MR) is 69.6 cm³/mol. The van der Waals surface area contributed by atoms with E-state index >= 15 is 0 Å². The van der Waals surface area contributed by atoms with Gasteiger partial charge in [-0.3, -0.25) is 4.79 Å². The van der Waals surface area contributed by atoms with E-state index in [1.54, 1.807) is 0 Å². The predicted octanol–water partition coefficient (Wildman–Crippen LogP) is 1.60. The van der Waals surface area contributed by atoms with Crippen LogP contribution < -0.4 is 0 Å². The summed E-state index contributed by atoms with van der Waals surface area (Å²) in [5, 5.41) is 0. The van der Waals surface area contributed by atoms with Gasteiger partial charge >= 0.3 is 37.7 Å². The minimum absolute atomic E-state index is 0. The Balaban J connectivity index is 0.000000640. The van der Waals surface area contributed by atoms with Crippen LogP contribution in [0.4, 0.5) is 0 Å². The summed E-state index contributed by atoms with van der Waals surface area (Å²) < 4.78 is 0. The number of ketones is 1. The molecule has 0 N–H and O–H groups in total. The van der Waals surface area contributed by atoms with Gasteiger partial charge in [0.15, 0.2) is 5.78 Å². The van der Waals surface area contributed by atoms with Crippen LogP contribution in [0.1, 0.15) is 15.9 Å². The van der Waals surface area contributed by atoms with Gasteiger partial charge in [-0.2, -0.15) is 0 Å². The molecule has 0 atom stereocenters. The molecule has 1 aliphatic carbocycles. The second kappa shape index (κ2) is 5.09. The summed E-state index contributed by atoms with van der Waals surface area (Å²) in [6.07, 6.45) is 0. The summed E-state index contributed by atoms with van der Waals surface area (Å²) in [5.41, 5.74) is 3.78. The van der Waals surface area contributed by atoms with Crippen molar-refractivity contribution < 1.29 is 4.79 Å². The van der Waals surface area contributed by atoms with E-state index in [1.807, 2.05) is 48.5 Å². The molecule has 0 saturated heterocycles. The van der Waals surface area contributed by atoms with Crippen LogP contribution in [0.5, 0.6) is 0 Å². The van der Waals surface area contributed by atoms with Crippen LogP contribution >= 0.6 is 0 Å². The molecule has 0 aliphatic heterocycles. The van der Waals surface area contributed by atoms with Gasteiger partial charge in [0.2, 0.25) is 0 Å². The van der Waals surface area contributed by atoms with Gasteiger partial charge in [-0.15, -0.1) is 0 Å². The Labute approximate surface area is 119 Å². The van der Waals surface area contributed by atoms with E-state index in [-0.39, 0.29) is 43.5 Å². The van der Waals surface area contributed by atoms with Crippen molar-refractivity contribution in [3.8, 4) is 11.1 Å². The van der Waals surface area contributed by atoms with Gasteiger partial charge in [0.05, 0.1) is 0 Å². The monoisotopic (exact) mass is 196 g/mol. The molecule has 70 valence electrons. The molecular weight excluding hydrogens is 186 g/mol. The molecular formula is C13H10Li2O. The van der Waals surface area contributed by atoms with Gasteiger partial charge in [-0.05, 0) is 11.1 Å². The molecule has 0 heterocycles. The van der Waals surface area contributed by atoms with Crippen molar-refractivity contribution in [1.29, 1.82) is 0 Å². The average Bonchev–Trinajstić information content (AvgIpc) is 2.55. The summed E-state index contributed by atoms with van der Waals surface area (Å²) in [6.45, 7) is 0. The summed E-state index contributed by atoms with van der Waals surface area (Å²) in [7, 11) is 0. The van der Waals surface area contributed by atoms with Crippen LogP contribution in [0.2, 0.25) is 0 Å². The number of hydrogen-bond acceptors (Lipinski definition) is 1. The molecule has 0 bridgehead atoms. The molecule has 16 heavy (non-hydrogen) atoms. The molecule has 1 aliphatic rings. The molecule has 3 rings (SSSR count). The number of carbonyl (C=O) groups is 1. The maximum atomic E-state index is 11.9. The molecule has 1 nitrogen and oxygen atoms in total. The SMILES string of the molecule is O=C1c2ccccc2-c2ccccc21.[LiH].[LiH]. The quantitative estimate of drug-likeness (QED) is 0.499. The normalized spacial score (nSPS) is 10.9. The van der Waals surface area contributed by atoms with E-state index in [0.29, 0.717) is 0 Å². The van der Waals surface area contributed by atoms with Crippen molar-refractivity contribution >= 4 is 43.5 Å². The summed E-state index contributed by atoms with van der Waals surface area (Å²) >= 11 is 0. The van der Waals surface area contributed by atoms with Crippen LogP contribution in [0.25, 0.3) is 11.1 Å². The Morgan fingerprint density at radius 2 is 0.875 bits per heavy atom. The first kappa shape index (κ1) is 13.4. The van der Waals surface area contributed by atoms with Crippen LogP contribution in [-0.2, 0) is 0 Å². The second-order valence-corrected chi connectivity index (χ2v) is 3.42. The molecule has 0 aromatic heterocycles. The van der Waals surface area contributed by atoms with Crippen LogP contribution in [0.3, 0.4) is 0 Å². The van der Waals surface area contributed by atoms with Crippen molar-refractivity contribution in [3.05, 3.63) is 59.7 Å². The number of fused-ring (bicyclic) bond motifs is 3. The number of benzene rings is 2. The van der Waals surface area contributed by atoms with Gasteiger partial charge < -0.3 is 0 Å². The number of rotatable bonds is 0. The third kappa shape index (κ3) is 1.82. The maximum absolute atomic E-state index is 11.9. The third-order valence-corrected chi connectivity index (χ3v) is 2.63. The Kier molecular flexibility index (Phi) is 4.25. The van der Waals surface area contributed by atoms with Crippen molar-refractivity contribution in [1.82, 2.24) is 0 Å². The molecule has 0 radical (unpaired) electrons. The fraction of sp³-hybridized carbons (Fsp3) is 0. The Morgan fingerprint density at radius 1 is 0.562 bits per heavy atom. The second-order valence-electron chi connectivity index (χ2n) is 3.42. The zero-order chi connectivity index (χ0) is 9.54. The van der Waals surface area contributed by atoms with Crippen LogP contribution in [0.15, 0.2) is 48.5 Å². The van der Waals surface area contributed by atoms with E-state index in [0.717, 1.165) is 22.3 Å². The Morgan fingerprint density at radius 3 is 1.25 bits per heavy atom.